The molecule has 33 heavy (non-hydrogen) atoms. The zero-order chi connectivity index (χ0) is 24.8. The lowest BCUT2D eigenvalue weighted by molar-refractivity contribution is -0.165. The molecule has 0 aliphatic carbocycles. The first-order valence-electron chi connectivity index (χ1n) is 10.1. The number of aliphatic carboxylic acids is 2. The van der Waals surface area contributed by atoms with Crippen LogP contribution in [0.25, 0.3) is 0 Å². The number of carbonyl (C=O) groups excluding carboxylic acids is 2. The van der Waals surface area contributed by atoms with Gasteiger partial charge in [0.25, 0.3) is 0 Å². The second kappa shape index (κ2) is 14.6. The Hall–Kier alpha value is -3.44. The fraction of sp³-hybridized carbons (Fsp3) is 0.304. The molecule has 3 unspecified atom stereocenters. The predicted molar refractivity (Wildman–Crippen MR) is 119 cm³/mol. The van der Waals surface area contributed by atoms with Crippen LogP contribution in [-0.2, 0) is 9.59 Å². The van der Waals surface area contributed by atoms with E-state index in [1.807, 2.05) is 12.1 Å². The maximum Gasteiger partial charge on any atom is 0.335 e. The van der Waals surface area contributed by atoms with Crippen LogP contribution in [0.2, 0.25) is 0 Å². The maximum atomic E-state index is 11.8. The van der Waals surface area contributed by atoms with E-state index in [0.29, 0.717) is 17.2 Å². The van der Waals surface area contributed by atoms with Crippen molar-refractivity contribution in [1.29, 1.82) is 0 Å². The van der Waals surface area contributed by atoms with Crippen molar-refractivity contribution in [2.75, 3.05) is 13.1 Å². The minimum atomic E-state index is -2.27. The second-order valence-electron chi connectivity index (χ2n) is 7.06. The molecule has 10 nitrogen and oxygen atoms in total. The van der Waals surface area contributed by atoms with Crippen molar-refractivity contribution in [3.8, 4) is 0 Å². The zero-order valence-electron chi connectivity index (χ0n) is 17.8. The van der Waals surface area contributed by atoms with Gasteiger partial charge in [0.2, 0.25) is 11.6 Å². The van der Waals surface area contributed by atoms with Gasteiger partial charge in [-0.1, -0.05) is 60.7 Å². The zero-order valence-corrected chi connectivity index (χ0v) is 17.8. The Morgan fingerprint density at radius 2 is 1.18 bits per heavy atom. The van der Waals surface area contributed by atoms with Gasteiger partial charge in [-0.05, 0) is 19.4 Å². The summed E-state index contributed by atoms with van der Waals surface area (Å²) < 4.78 is 0. The average Bonchev–Trinajstić information content (AvgIpc) is 2.84. The molecule has 7 N–H and O–H groups in total. The van der Waals surface area contributed by atoms with Crippen molar-refractivity contribution >= 4 is 23.5 Å². The number of carboxylic acid groups (broad SMARTS) is 2. The molecule has 2 aromatic rings. The van der Waals surface area contributed by atoms with E-state index in [0.717, 1.165) is 13.1 Å². The van der Waals surface area contributed by atoms with Crippen LogP contribution in [0.1, 0.15) is 33.6 Å². The van der Waals surface area contributed by atoms with Gasteiger partial charge in [0.1, 0.15) is 0 Å². The number of nitrogens with one attached hydrogen (secondary N) is 1. The molecule has 0 radical (unpaired) electrons. The van der Waals surface area contributed by atoms with E-state index in [-0.39, 0.29) is 0 Å². The first kappa shape index (κ1) is 27.6. The minimum absolute atomic E-state index is 0.425. The molecule has 0 spiro atoms. The monoisotopic (exact) mass is 460 g/mol. The fourth-order valence-corrected chi connectivity index (χ4v) is 2.59. The SMILES string of the molecule is NC1CCCNC1.O=C(C(=O)c1ccccc1)c1ccccc1.O=C(O)C(O)C(O)C(=O)O. The van der Waals surface area contributed by atoms with Crippen LogP contribution in [0.15, 0.2) is 60.7 Å². The molecule has 0 aromatic heterocycles. The summed E-state index contributed by atoms with van der Waals surface area (Å²) >= 11 is 0. The van der Waals surface area contributed by atoms with E-state index < -0.39 is 35.7 Å². The number of benzene rings is 2. The van der Waals surface area contributed by atoms with Crippen molar-refractivity contribution in [3.05, 3.63) is 71.8 Å². The van der Waals surface area contributed by atoms with E-state index in [1.165, 1.54) is 12.8 Å². The summed E-state index contributed by atoms with van der Waals surface area (Å²) in [7, 11) is 0. The summed E-state index contributed by atoms with van der Waals surface area (Å²) in [5.74, 6) is -4.47. The number of hydrogen-bond donors (Lipinski definition) is 6. The third kappa shape index (κ3) is 10.1. The Labute approximate surface area is 190 Å². The van der Waals surface area contributed by atoms with Crippen LogP contribution in [0.5, 0.6) is 0 Å². The molecular weight excluding hydrogens is 432 g/mol. The highest BCUT2D eigenvalue weighted by Gasteiger charge is 2.29. The van der Waals surface area contributed by atoms with Crippen LogP contribution >= 0.6 is 0 Å². The standard InChI is InChI=1S/C14H10O2.C5H12N2.C4H6O6/c15-13(11-7-3-1-4-8-11)14(16)12-9-5-2-6-10-12;6-5-2-1-3-7-4-5;5-1(3(7)8)2(6)4(9)10/h1-10H;5,7H,1-4,6H2;1-2,5-6H,(H,7,8)(H,9,10). The molecule has 1 fully saturated rings. The van der Waals surface area contributed by atoms with Gasteiger partial charge in [-0.3, -0.25) is 9.59 Å². The largest absolute Gasteiger partial charge is 0.479 e. The van der Waals surface area contributed by atoms with Gasteiger partial charge >= 0.3 is 11.9 Å². The maximum absolute atomic E-state index is 11.8. The number of hydrogen-bond acceptors (Lipinski definition) is 8. The molecule has 1 aliphatic rings. The van der Waals surface area contributed by atoms with Crippen LogP contribution in [0.4, 0.5) is 0 Å². The van der Waals surface area contributed by atoms with Gasteiger partial charge in [-0.15, -0.1) is 0 Å². The molecule has 0 saturated carbocycles. The molecule has 3 atom stereocenters. The van der Waals surface area contributed by atoms with E-state index >= 15 is 0 Å². The van der Waals surface area contributed by atoms with Gasteiger partial charge < -0.3 is 31.5 Å². The molecule has 1 heterocycles. The lowest BCUT2D eigenvalue weighted by Gasteiger charge is -2.17. The Morgan fingerprint density at radius 1 is 0.788 bits per heavy atom. The second-order valence-corrected chi connectivity index (χ2v) is 7.06. The first-order chi connectivity index (χ1) is 15.6. The van der Waals surface area contributed by atoms with Crippen LogP contribution in [0, 0.1) is 0 Å². The van der Waals surface area contributed by atoms with Crippen molar-refractivity contribution in [3.63, 3.8) is 0 Å². The lowest BCUT2D eigenvalue weighted by atomic mass is 10.0. The summed E-state index contributed by atoms with van der Waals surface area (Å²) in [6, 6.07) is 17.6. The fourth-order valence-electron chi connectivity index (χ4n) is 2.59. The van der Waals surface area contributed by atoms with E-state index in [4.69, 9.17) is 26.2 Å². The van der Waals surface area contributed by atoms with Gasteiger partial charge in [0, 0.05) is 23.7 Å². The molecule has 2 aromatic carbocycles. The number of carbonyl (C=O) groups is 4. The molecule has 1 saturated heterocycles. The van der Waals surface area contributed by atoms with Gasteiger partial charge in [0.05, 0.1) is 0 Å². The Kier molecular flexibility index (Phi) is 12.2. The number of aliphatic hydroxyl groups is 2. The summed E-state index contributed by atoms with van der Waals surface area (Å²) in [5, 5.41) is 35.7. The lowest BCUT2D eigenvalue weighted by Crippen LogP contribution is -2.39. The number of piperidine rings is 1. The topological polar surface area (TPSA) is 187 Å². The number of aliphatic hydroxyl groups excluding tert-OH is 2. The Bertz CT molecular complexity index is 832. The van der Waals surface area contributed by atoms with E-state index in [1.54, 1.807) is 48.5 Å². The van der Waals surface area contributed by atoms with Gasteiger partial charge in [-0.25, -0.2) is 9.59 Å². The summed E-state index contributed by atoms with van der Waals surface area (Å²) in [6.07, 6.45) is -2.08. The average molecular weight is 460 g/mol. The molecule has 178 valence electrons. The molecular formula is C23H28N2O8. The normalized spacial score (nSPS) is 16.5. The first-order valence-corrected chi connectivity index (χ1v) is 10.1. The number of carboxylic acids is 2. The summed E-state index contributed by atoms with van der Waals surface area (Å²) in [4.78, 5) is 43.1. The third-order valence-corrected chi connectivity index (χ3v) is 4.42. The van der Waals surface area contributed by atoms with E-state index in [2.05, 4.69) is 5.32 Å². The van der Waals surface area contributed by atoms with Crippen molar-refractivity contribution in [2.24, 2.45) is 5.73 Å². The van der Waals surface area contributed by atoms with Crippen LogP contribution < -0.4 is 11.1 Å². The molecule has 0 bridgehead atoms. The molecule has 3 rings (SSSR count). The van der Waals surface area contributed by atoms with Crippen molar-refractivity contribution in [1.82, 2.24) is 5.32 Å². The highest BCUT2D eigenvalue weighted by Crippen LogP contribution is 2.07. The van der Waals surface area contributed by atoms with Gasteiger partial charge in [0.15, 0.2) is 12.2 Å². The molecule has 0 amide bonds. The van der Waals surface area contributed by atoms with E-state index in [9.17, 15) is 19.2 Å². The Balaban J connectivity index is 0.000000274. The molecule has 10 heteroatoms. The number of ketones is 2. The van der Waals surface area contributed by atoms with Gasteiger partial charge in [-0.2, -0.15) is 0 Å². The summed E-state index contributed by atoms with van der Waals surface area (Å²) in [6.45, 7) is 2.17. The quantitative estimate of drug-likeness (QED) is 0.259. The minimum Gasteiger partial charge on any atom is -0.479 e. The highest BCUT2D eigenvalue weighted by molar-refractivity contribution is 6.49. The third-order valence-electron chi connectivity index (χ3n) is 4.42. The Morgan fingerprint density at radius 3 is 1.42 bits per heavy atom. The van der Waals surface area contributed by atoms with Crippen LogP contribution in [0.3, 0.4) is 0 Å². The number of rotatable bonds is 6. The van der Waals surface area contributed by atoms with Crippen molar-refractivity contribution < 1.29 is 39.6 Å². The molecule has 1 aliphatic heterocycles. The number of Topliss-reactive ketones (excluding diaryl/α,β-unsaturated/α-hetero) is 2. The predicted octanol–water partition coefficient (Wildman–Crippen LogP) is 0.327. The number of nitrogens with two attached hydrogens (primary N) is 1. The smallest absolute Gasteiger partial charge is 0.335 e. The van der Waals surface area contributed by atoms with Crippen LogP contribution in [-0.4, -0.2) is 75.3 Å². The van der Waals surface area contributed by atoms with Crippen molar-refractivity contribution in [2.45, 2.75) is 31.1 Å². The summed E-state index contributed by atoms with van der Waals surface area (Å²) in [5.41, 5.74) is 6.43. The highest BCUT2D eigenvalue weighted by atomic mass is 16.4.